The van der Waals surface area contributed by atoms with Crippen molar-refractivity contribution in [2.75, 3.05) is 0 Å². The number of hydrogen-bond acceptors (Lipinski definition) is 2. The first-order valence-electron chi connectivity index (χ1n) is 4.33. The van der Waals surface area contributed by atoms with Crippen molar-refractivity contribution in [3.63, 3.8) is 0 Å². The summed E-state index contributed by atoms with van der Waals surface area (Å²) >= 11 is 0. The average Bonchev–Trinajstić information content (AvgIpc) is 2.03. The van der Waals surface area contributed by atoms with Crippen LogP contribution in [0.1, 0.15) is 30.6 Å². The fraction of sp³-hybridized carbons (Fsp3) is 0.364. The van der Waals surface area contributed by atoms with Crippen molar-refractivity contribution in [2.24, 2.45) is 0 Å². The quantitative estimate of drug-likeness (QED) is 0.768. The summed E-state index contributed by atoms with van der Waals surface area (Å²) in [6.45, 7) is 3.45. The zero-order valence-electron chi connectivity index (χ0n) is 7.95. The molecule has 0 aliphatic rings. The monoisotopic (exact) mass is 178 g/mol. The molecule has 2 nitrogen and oxygen atoms in total. The second-order valence-corrected chi connectivity index (χ2v) is 3.34. The van der Waals surface area contributed by atoms with Crippen LogP contribution in [0, 0.1) is 6.92 Å². The van der Waals surface area contributed by atoms with Gasteiger partial charge in [0.05, 0.1) is 6.10 Å². The average molecular weight is 178 g/mol. The maximum Gasteiger partial charge on any atom is 0.132 e. The summed E-state index contributed by atoms with van der Waals surface area (Å²) in [5.74, 6) is 0.00834. The van der Waals surface area contributed by atoms with E-state index in [1.807, 2.05) is 31.2 Å². The molecule has 0 saturated heterocycles. The van der Waals surface area contributed by atoms with Crippen LogP contribution in [0.4, 0.5) is 0 Å². The first-order chi connectivity index (χ1) is 6.09. The van der Waals surface area contributed by atoms with Crippen molar-refractivity contribution in [3.8, 4) is 0 Å². The highest BCUT2D eigenvalue weighted by Gasteiger charge is 2.09. The van der Waals surface area contributed by atoms with Crippen LogP contribution in [0.15, 0.2) is 24.3 Å². The van der Waals surface area contributed by atoms with E-state index in [-0.39, 0.29) is 12.2 Å². The topological polar surface area (TPSA) is 37.3 Å². The Morgan fingerprint density at radius 2 is 2.23 bits per heavy atom. The number of Topliss-reactive ketones (excluding diaryl/α,β-unsaturated/α-hetero) is 1. The van der Waals surface area contributed by atoms with E-state index in [9.17, 15) is 9.90 Å². The molecule has 0 amide bonds. The zero-order chi connectivity index (χ0) is 9.84. The summed E-state index contributed by atoms with van der Waals surface area (Å²) in [5, 5.41) is 9.59. The van der Waals surface area contributed by atoms with Gasteiger partial charge in [-0.1, -0.05) is 29.8 Å². The van der Waals surface area contributed by atoms with Crippen molar-refractivity contribution in [1.29, 1.82) is 0 Å². The first kappa shape index (κ1) is 9.93. The lowest BCUT2D eigenvalue weighted by atomic mass is 10.0. The SMILES string of the molecule is CC(=O)C[C@@H](O)c1cccc(C)c1. The molecule has 0 fully saturated rings. The molecule has 0 spiro atoms. The van der Waals surface area contributed by atoms with Crippen molar-refractivity contribution < 1.29 is 9.90 Å². The number of aryl methyl sites for hydroxylation is 1. The number of benzene rings is 1. The van der Waals surface area contributed by atoms with E-state index in [1.165, 1.54) is 6.92 Å². The number of rotatable bonds is 3. The van der Waals surface area contributed by atoms with Crippen LogP contribution >= 0.6 is 0 Å². The van der Waals surface area contributed by atoms with E-state index in [4.69, 9.17) is 0 Å². The van der Waals surface area contributed by atoms with E-state index >= 15 is 0 Å². The third kappa shape index (κ3) is 2.99. The molecule has 1 N–H and O–H groups in total. The normalized spacial score (nSPS) is 12.5. The van der Waals surface area contributed by atoms with Crippen molar-refractivity contribution >= 4 is 5.78 Å². The van der Waals surface area contributed by atoms with Crippen LogP contribution in [0.3, 0.4) is 0 Å². The van der Waals surface area contributed by atoms with E-state index < -0.39 is 6.10 Å². The summed E-state index contributed by atoms with van der Waals surface area (Å²) in [7, 11) is 0. The minimum atomic E-state index is -0.655. The number of hydrogen-bond donors (Lipinski definition) is 1. The Hall–Kier alpha value is -1.15. The van der Waals surface area contributed by atoms with Crippen molar-refractivity contribution in [3.05, 3.63) is 35.4 Å². The van der Waals surface area contributed by atoms with Gasteiger partial charge in [0.2, 0.25) is 0 Å². The zero-order valence-corrected chi connectivity index (χ0v) is 7.95. The molecule has 0 heterocycles. The molecule has 0 aliphatic heterocycles. The highest BCUT2D eigenvalue weighted by molar-refractivity contribution is 5.76. The van der Waals surface area contributed by atoms with Gasteiger partial charge in [-0.15, -0.1) is 0 Å². The van der Waals surface area contributed by atoms with Crippen LogP contribution < -0.4 is 0 Å². The molecule has 0 unspecified atom stereocenters. The number of ketones is 1. The second-order valence-electron chi connectivity index (χ2n) is 3.34. The summed E-state index contributed by atoms with van der Waals surface area (Å²) in [6, 6.07) is 7.58. The van der Waals surface area contributed by atoms with E-state index in [0.717, 1.165) is 11.1 Å². The highest BCUT2D eigenvalue weighted by Crippen LogP contribution is 2.17. The minimum absolute atomic E-state index is 0.00834. The number of aliphatic hydroxyl groups excluding tert-OH is 1. The molecular formula is C11H14O2. The minimum Gasteiger partial charge on any atom is -0.388 e. The molecular weight excluding hydrogens is 164 g/mol. The molecule has 70 valence electrons. The lowest BCUT2D eigenvalue weighted by molar-refractivity contribution is -0.118. The van der Waals surface area contributed by atoms with E-state index in [1.54, 1.807) is 0 Å². The van der Waals surface area contributed by atoms with E-state index in [0.29, 0.717) is 0 Å². The second kappa shape index (κ2) is 4.19. The standard InChI is InChI=1S/C11H14O2/c1-8-4-3-5-10(6-8)11(13)7-9(2)12/h3-6,11,13H,7H2,1-2H3/t11-/m1/s1. The molecule has 1 aromatic rings. The predicted octanol–water partition coefficient (Wildman–Crippen LogP) is 2.01. The first-order valence-corrected chi connectivity index (χ1v) is 4.33. The van der Waals surface area contributed by atoms with Gasteiger partial charge in [-0.2, -0.15) is 0 Å². The summed E-state index contributed by atoms with van der Waals surface area (Å²) < 4.78 is 0. The molecule has 0 aromatic heterocycles. The van der Waals surface area contributed by atoms with Crippen LogP contribution in [0.5, 0.6) is 0 Å². The Morgan fingerprint density at radius 3 is 2.77 bits per heavy atom. The maximum atomic E-state index is 10.8. The predicted molar refractivity (Wildman–Crippen MR) is 51.4 cm³/mol. The Bertz CT molecular complexity index is 305. The largest absolute Gasteiger partial charge is 0.388 e. The van der Waals surface area contributed by atoms with Crippen LogP contribution in [-0.4, -0.2) is 10.9 Å². The van der Waals surface area contributed by atoms with Crippen LogP contribution in [0.2, 0.25) is 0 Å². The molecule has 0 saturated carbocycles. The molecule has 13 heavy (non-hydrogen) atoms. The smallest absolute Gasteiger partial charge is 0.132 e. The van der Waals surface area contributed by atoms with Gasteiger partial charge in [0.15, 0.2) is 0 Å². The molecule has 2 heteroatoms. The molecule has 0 bridgehead atoms. The van der Waals surface area contributed by atoms with Crippen LogP contribution in [0.25, 0.3) is 0 Å². The number of carbonyl (C=O) groups excluding carboxylic acids is 1. The third-order valence-electron chi connectivity index (χ3n) is 1.91. The van der Waals surface area contributed by atoms with Gasteiger partial charge < -0.3 is 5.11 Å². The van der Waals surface area contributed by atoms with Gasteiger partial charge >= 0.3 is 0 Å². The molecule has 1 rings (SSSR count). The molecule has 1 atom stereocenters. The van der Waals surface area contributed by atoms with Gasteiger partial charge in [0.25, 0.3) is 0 Å². The fourth-order valence-electron chi connectivity index (χ4n) is 1.27. The Morgan fingerprint density at radius 1 is 1.54 bits per heavy atom. The number of carbonyl (C=O) groups is 1. The van der Waals surface area contributed by atoms with Crippen LogP contribution in [-0.2, 0) is 4.79 Å². The van der Waals surface area contributed by atoms with Gasteiger partial charge in [-0.05, 0) is 19.4 Å². The molecule has 0 aliphatic carbocycles. The summed E-state index contributed by atoms with van der Waals surface area (Å²) in [6.07, 6.45) is -0.457. The van der Waals surface area contributed by atoms with Crippen molar-refractivity contribution in [1.82, 2.24) is 0 Å². The van der Waals surface area contributed by atoms with Crippen molar-refractivity contribution in [2.45, 2.75) is 26.4 Å². The Kier molecular flexibility index (Phi) is 3.20. The molecule has 0 radical (unpaired) electrons. The third-order valence-corrected chi connectivity index (χ3v) is 1.91. The lowest BCUT2D eigenvalue weighted by Crippen LogP contribution is -2.03. The van der Waals surface area contributed by atoms with Gasteiger partial charge in [0, 0.05) is 6.42 Å². The Labute approximate surface area is 78.2 Å². The molecule has 1 aromatic carbocycles. The summed E-state index contributed by atoms with van der Waals surface area (Å²) in [4.78, 5) is 10.8. The Balaban J connectivity index is 2.76. The van der Waals surface area contributed by atoms with Gasteiger partial charge in [-0.25, -0.2) is 0 Å². The summed E-state index contributed by atoms with van der Waals surface area (Å²) in [5.41, 5.74) is 1.91. The van der Waals surface area contributed by atoms with Gasteiger partial charge in [0.1, 0.15) is 5.78 Å². The number of aliphatic hydroxyl groups is 1. The van der Waals surface area contributed by atoms with Gasteiger partial charge in [-0.3, -0.25) is 4.79 Å². The van der Waals surface area contributed by atoms with E-state index in [2.05, 4.69) is 0 Å². The highest BCUT2D eigenvalue weighted by atomic mass is 16.3. The fourth-order valence-corrected chi connectivity index (χ4v) is 1.27. The maximum absolute atomic E-state index is 10.8. The lowest BCUT2D eigenvalue weighted by Gasteiger charge is -2.08.